The van der Waals surface area contributed by atoms with Crippen LogP contribution < -0.4 is 11.1 Å². The van der Waals surface area contributed by atoms with E-state index in [9.17, 15) is 4.79 Å². The number of nitrogens with zero attached hydrogens (tertiary/aromatic N) is 1. The fourth-order valence-electron chi connectivity index (χ4n) is 1.76. The number of hydrogen-bond donors (Lipinski definition) is 2. The van der Waals surface area contributed by atoms with Gasteiger partial charge in [0.2, 0.25) is 0 Å². The molecule has 2 heterocycles. The fourth-order valence-corrected chi connectivity index (χ4v) is 3.41. The summed E-state index contributed by atoms with van der Waals surface area (Å²) in [6.07, 6.45) is 0. The molecule has 2 aromatic heterocycles. The number of nitrogens with one attached hydrogen (secondary N) is 1. The summed E-state index contributed by atoms with van der Waals surface area (Å²) in [6, 6.07) is 10.8. The molecule has 4 nitrogen and oxygen atoms in total. The Morgan fingerprint density at radius 1 is 1.29 bits per heavy atom. The molecule has 0 spiro atoms. The van der Waals surface area contributed by atoms with Crippen molar-refractivity contribution in [1.29, 1.82) is 0 Å². The summed E-state index contributed by atoms with van der Waals surface area (Å²) in [5.41, 5.74) is 8.14. The number of halogens is 1. The zero-order chi connectivity index (χ0) is 14.8. The molecule has 0 saturated carbocycles. The van der Waals surface area contributed by atoms with Gasteiger partial charge < -0.3 is 5.73 Å². The molecule has 0 aliphatic carbocycles. The van der Waals surface area contributed by atoms with Crippen LogP contribution in [-0.4, -0.2) is 10.9 Å². The summed E-state index contributed by atoms with van der Waals surface area (Å²) < 4.78 is 0.583. The second-order valence-electron chi connectivity index (χ2n) is 4.22. The number of thiazole rings is 1. The molecule has 0 bridgehead atoms. The predicted octanol–water partition coefficient (Wildman–Crippen LogP) is 4.36. The zero-order valence-electron chi connectivity index (χ0n) is 10.7. The van der Waals surface area contributed by atoms with Gasteiger partial charge in [0.1, 0.15) is 0 Å². The maximum atomic E-state index is 12.0. The van der Waals surface area contributed by atoms with Crippen molar-refractivity contribution in [2.45, 2.75) is 0 Å². The molecule has 3 aromatic rings. The van der Waals surface area contributed by atoms with Crippen LogP contribution in [0.15, 0.2) is 41.8 Å². The number of carbonyl (C=O) groups is 1. The van der Waals surface area contributed by atoms with E-state index in [2.05, 4.69) is 10.3 Å². The largest absolute Gasteiger partial charge is 0.399 e. The van der Waals surface area contributed by atoms with Crippen LogP contribution in [0.5, 0.6) is 0 Å². The van der Waals surface area contributed by atoms with E-state index < -0.39 is 0 Å². The van der Waals surface area contributed by atoms with Crippen molar-refractivity contribution >= 4 is 51.0 Å². The minimum Gasteiger partial charge on any atom is -0.399 e. The number of anilines is 2. The first-order valence-electron chi connectivity index (χ1n) is 6.00. The van der Waals surface area contributed by atoms with E-state index in [4.69, 9.17) is 17.3 Å². The lowest BCUT2D eigenvalue weighted by molar-refractivity contribution is 0.103. The number of hydrogen-bond acceptors (Lipinski definition) is 5. The molecule has 3 N–H and O–H groups in total. The van der Waals surface area contributed by atoms with Gasteiger partial charge in [-0.25, -0.2) is 4.98 Å². The van der Waals surface area contributed by atoms with Gasteiger partial charge in [-0.2, -0.15) is 0 Å². The van der Waals surface area contributed by atoms with Gasteiger partial charge in [-0.1, -0.05) is 23.7 Å². The summed E-state index contributed by atoms with van der Waals surface area (Å²) in [6.45, 7) is 0. The number of benzene rings is 1. The van der Waals surface area contributed by atoms with E-state index in [1.807, 2.05) is 29.6 Å². The Morgan fingerprint density at radius 3 is 2.86 bits per heavy atom. The van der Waals surface area contributed by atoms with E-state index in [0.29, 0.717) is 20.0 Å². The second kappa shape index (κ2) is 5.85. The molecular weight excluding hydrogens is 326 g/mol. The van der Waals surface area contributed by atoms with Crippen LogP contribution >= 0.6 is 34.3 Å². The van der Waals surface area contributed by atoms with Crippen LogP contribution in [0, 0.1) is 0 Å². The number of amides is 1. The molecule has 106 valence electrons. The van der Waals surface area contributed by atoms with Crippen LogP contribution in [0.1, 0.15) is 9.67 Å². The van der Waals surface area contributed by atoms with Gasteiger partial charge in [0.25, 0.3) is 5.91 Å². The summed E-state index contributed by atoms with van der Waals surface area (Å²) >= 11 is 8.42. The lowest BCUT2D eigenvalue weighted by Gasteiger charge is -1.99. The highest BCUT2D eigenvalue weighted by Gasteiger charge is 2.12. The lowest BCUT2D eigenvalue weighted by atomic mass is 10.1. The van der Waals surface area contributed by atoms with Crippen molar-refractivity contribution in [2.75, 3.05) is 11.1 Å². The average Bonchev–Trinajstić information content (AvgIpc) is 3.08. The van der Waals surface area contributed by atoms with Crippen LogP contribution in [-0.2, 0) is 0 Å². The number of aromatic nitrogens is 1. The summed E-state index contributed by atoms with van der Waals surface area (Å²) in [7, 11) is 0. The van der Waals surface area contributed by atoms with Crippen LogP contribution in [0.25, 0.3) is 11.3 Å². The Bertz CT molecular complexity index is 797. The first kappa shape index (κ1) is 14.1. The number of thiophene rings is 1. The second-order valence-corrected chi connectivity index (χ2v) is 6.79. The quantitative estimate of drug-likeness (QED) is 0.699. The van der Waals surface area contributed by atoms with Crippen molar-refractivity contribution in [3.63, 3.8) is 0 Å². The van der Waals surface area contributed by atoms with Gasteiger partial charge in [0.05, 0.1) is 14.9 Å². The van der Waals surface area contributed by atoms with E-state index in [0.717, 1.165) is 11.3 Å². The van der Waals surface area contributed by atoms with E-state index >= 15 is 0 Å². The van der Waals surface area contributed by atoms with Gasteiger partial charge in [0.15, 0.2) is 5.13 Å². The van der Waals surface area contributed by atoms with Gasteiger partial charge in [-0.05, 0) is 24.3 Å². The Kier molecular flexibility index (Phi) is 3.92. The van der Waals surface area contributed by atoms with E-state index in [1.54, 1.807) is 12.1 Å². The highest BCUT2D eigenvalue weighted by Crippen LogP contribution is 2.27. The van der Waals surface area contributed by atoms with Crippen molar-refractivity contribution in [3.05, 3.63) is 51.0 Å². The Labute approximate surface area is 134 Å². The number of carbonyl (C=O) groups excluding carboxylic acids is 1. The minimum atomic E-state index is -0.208. The Hall–Kier alpha value is -1.89. The predicted molar refractivity (Wildman–Crippen MR) is 89.2 cm³/mol. The first-order valence-corrected chi connectivity index (χ1v) is 8.07. The van der Waals surface area contributed by atoms with Crippen LogP contribution in [0.2, 0.25) is 4.34 Å². The third kappa shape index (κ3) is 3.24. The summed E-state index contributed by atoms with van der Waals surface area (Å²) in [4.78, 5) is 17.0. The molecule has 7 heteroatoms. The standard InChI is InChI=1S/C14H10ClN3OS2/c15-12-5-4-11(21-12)13(19)18-14-17-10(7-20-14)8-2-1-3-9(16)6-8/h1-7H,16H2,(H,17,18,19). The minimum absolute atomic E-state index is 0.208. The lowest BCUT2D eigenvalue weighted by Crippen LogP contribution is -2.09. The summed E-state index contributed by atoms with van der Waals surface area (Å²) in [5.74, 6) is -0.208. The SMILES string of the molecule is Nc1cccc(-c2csc(NC(=O)c3ccc(Cl)s3)n2)c1. The van der Waals surface area contributed by atoms with Gasteiger partial charge in [0, 0.05) is 16.6 Å². The van der Waals surface area contributed by atoms with E-state index in [-0.39, 0.29) is 5.91 Å². The smallest absolute Gasteiger partial charge is 0.267 e. The molecule has 1 amide bonds. The fraction of sp³-hybridized carbons (Fsp3) is 0. The van der Waals surface area contributed by atoms with E-state index in [1.165, 1.54) is 22.7 Å². The molecular formula is C14H10ClN3OS2. The van der Waals surface area contributed by atoms with Gasteiger partial charge in [-0.15, -0.1) is 22.7 Å². The van der Waals surface area contributed by atoms with Crippen molar-refractivity contribution in [3.8, 4) is 11.3 Å². The third-order valence-electron chi connectivity index (χ3n) is 2.70. The number of nitrogens with two attached hydrogens (primary N) is 1. The Morgan fingerprint density at radius 2 is 2.14 bits per heavy atom. The number of rotatable bonds is 3. The molecule has 0 saturated heterocycles. The molecule has 0 unspecified atom stereocenters. The molecule has 0 radical (unpaired) electrons. The summed E-state index contributed by atoms with van der Waals surface area (Å²) in [5, 5.41) is 5.19. The maximum Gasteiger partial charge on any atom is 0.267 e. The van der Waals surface area contributed by atoms with Crippen molar-refractivity contribution in [1.82, 2.24) is 4.98 Å². The molecule has 0 fully saturated rings. The molecule has 3 rings (SSSR count). The highest BCUT2D eigenvalue weighted by molar-refractivity contribution is 7.18. The molecule has 1 aromatic carbocycles. The molecule has 21 heavy (non-hydrogen) atoms. The monoisotopic (exact) mass is 335 g/mol. The first-order chi connectivity index (χ1) is 10.1. The van der Waals surface area contributed by atoms with Crippen molar-refractivity contribution < 1.29 is 4.79 Å². The van der Waals surface area contributed by atoms with Gasteiger partial charge in [-0.3, -0.25) is 10.1 Å². The highest BCUT2D eigenvalue weighted by atomic mass is 35.5. The molecule has 0 aliphatic heterocycles. The van der Waals surface area contributed by atoms with Crippen molar-refractivity contribution in [2.24, 2.45) is 0 Å². The van der Waals surface area contributed by atoms with Gasteiger partial charge >= 0.3 is 0 Å². The Balaban J connectivity index is 1.78. The molecule has 0 atom stereocenters. The van der Waals surface area contributed by atoms with Crippen LogP contribution in [0.4, 0.5) is 10.8 Å². The third-order valence-corrected chi connectivity index (χ3v) is 4.69. The maximum absolute atomic E-state index is 12.0. The topological polar surface area (TPSA) is 68.0 Å². The average molecular weight is 336 g/mol. The normalized spacial score (nSPS) is 10.5. The number of nitrogen functional groups attached to an aromatic ring is 1. The zero-order valence-corrected chi connectivity index (χ0v) is 13.1. The molecule has 0 aliphatic rings. The van der Waals surface area contributed by atoms with Crippen LogP contribution in [0.3, 0.4) is 0 Å².